The molecule has 0 bridgehead atoms. The fourth-order valence-electron chi connectivity index (χ4n) is 2.04. The van der Waals surface area contributed by atoms with Crippen LogP contribution >= 0.6 is 0 Å². The van der Waals surface area contributed by atoms with Gasteiger partial charge < -0.3 is 15.8 Å². The summed E-state index contributed by atoms with van der Waals surface area (Å²) in [5.74, 6) is -1.38. The molecule has 124 valence electrons. The molecule has 24 heavy (non-hydrogen) atoms. The lowest BCUT2D eigenvalue weighted by atomic mass is 10.1. The van der Waals surface area contributed by atoms with Gasteiger partial charge in [0.15, 0.2) is 12.4 Å². The molecule has 3 N–H and O–H groups in total. The molecule has 0 aliphatic rings. The first-order chi connectivity index (χ1) is 11.5. The monoisotopic (exact) mass is 329 g/mol. The molecule has 8 heteroatoms. The van der Waals surface area contributed by atoms with Crippen molar-refractivity contribution < 1.29 is 19.2 Å². The molecule has 0 fully saturated rings. The predicted molar refractivity (Wildman–Crippen MR) is 85.1 cm³/mol. The second-order valence-electron chi connectivity index (χ2n) is 4.83. The molecule has 0 aliphatic carbocycles. The quantitative estimate of drug-likeness (QED) is 0.585. The number of nitro groups is 1. The SMILES string of the molecule is NC(=O)C(NC(=O)COc1ccccc1[N+](=O)[O-])c1ccccc1. The first kappa shape index (κ1) is 16.9. The second kappa shape index (κ2) is 7.73. The Balaban J connectivity index is 2.02. The number of nitrogens with one attached hydrogen (secondary N) is 1. The Morgan fingerprint density at radius 3 is 2.38 bits per heavy atom. The smallest absolute Gasteiger partial charge is 0.310 e. The minimum absolute atomic E-state index is 0.0343. The van der Waals surface area contributed by atoms with E-state index in [1.165, 1.54) is 18.2 Å². The highest BCUT2D eigenvalue weighted by Crippen LogP contribution is 2.25. The van der Waals surface area contributed by atoms with Gasteiger partial charge in [-0.25, -0.2) is 0 Å². The average Bonchev–Trinajstić information content (AvgIpc) is 2.58. The number of carbonyl (C=O) groups is 2. The van der Waals surface area contributed by atoms with Crippen molar-refractivity contribution >= 4 is 17.5 Å². The van der Waals surface area contributed by atoms with E-state index in [0.717, 1.165) is 0 Å². The number of nitrogens with two attached hydrogens (primary N) is 1. The molecule has 2 amide bonds. The fraction of sp³-hybridized carbons (Fsp3) is 0.125. The van der Waals surface area contributed by atoms with Gasteiger partial charge in [-0.2, -0.15) is 0 Å². The van der Waals surface area contributed by atoms with Gasteiger partial charge in [0.05, 0.1) is 4.92 Å². The number of nitro benzene ring substituents is 1. The number of hydrogen-bond donors (Lipinski definition) is 2. The number of primary amides is 1. The molecule has 0 heterocycles. The van der Waals surface area contributed by atoms with E-state index in [0.29, 0.717) is 5.56 Å². The van der Waals surface area contributed by atoms with Gasteiger partial charge in [-0.05, 0) is 11.6 Å². The number of amides is 2. The topological polar surface area (TPSA) is 125 Å². The summed E-state index contributed by atoms with van der Waals surface area (Å²) in [6.07, 6.45) is 0. The van der Waals surface area contributed by atoms with Crippen LogP contribution < -0.4 is 15.8 Å². The minimum atomic E-state index is -1.01. The maximum Gasteiger partial charge on any atom is 0.310 e. The molecule has 2 rings (SSSR count). The summed E-state index contributed by atoms with van der Waals surface area (Å²) >= 11 is 0. The third-order valence-electron chi connectivity index (χ3n) is 3.14. The van der Waals surface area contributed by atoms with Gasteiger partial charge in [0, 0.05) is 6.07 Å². The van der Waals surface area contributed by atoms with Gasteiger partial charge in [0.25, 0.3) is 5.91 Å². The van der Waals surface area contributed by atoms with E-state index in [9.17, 15) is 19.7 Å². The maximum atomic E-state index is 12.0. The van der Waals surface area contributed by atoms with Crippen LogP contribution in [0, 0.1) is 10.1 Å². The Labute approximate surface area is 137 Å². The van der Waals surface area contributed by atoms with Crippen LogP contribution in [0.15, 0.2) is 54.6 Å². The molecule has 0 spiro atoms. The number of nitrogens with zero attached hydrogens (tertiary/aromatic N) is 1. The van der Waals surface area contributed by atoms with Gasteiger partial charge in [-0.3, -0.25) is 19.7 Å². The molecule has 0 radical (unpaired) electrons. The Hall–Kier alpha value is -3.42. The molecule has 8 nitrogen and oxygen atoms in total. The molecule has 2 aromatic rings. The van der Waals surface area contributed by atoms with E-state index >= 15 is 0 Å². The summed E-state index contributed by atoms with van der Waals surface area (Å²) in [4.78, 5) is 33.8. The van der Waals surface area contributed by atoms with Crippen molar-refractivity contribution in [1.82, 2.24) is 5.32 Å². The van der Waals surface area contributed by atoms with E-state index in [-0.39, 0.29) is 11.4 Å². The Morgan fingerprint density at radius 2 is 1.75 bits per heavy atom. The number of rotatable bonds is 7. The van der Waals surface area contributed by atoms with E-state index in [1.807, 2.05) is 0 Å². The molecular formula is C16H15N3O5. The summed E-state index contributed by atoms with van der Waals surface area (Å²) in [5.41, 5.74) is 5.59. The normalized spacial score (nSPS) is 11.3. The van der Waals surface area contributed by atoms with E-state index in [2.05, 4.69) is 5.32 Å². The zero-order valence-corrected chi connectivity index (χ0v) is 12.5. The Bertz CT molecular complexity index is 748. The van der Waals surface area contributed by atoms with Gasteiger partial charge in [0.2, 0.25) is 5.91 Å². The minimum Gasteiger partial charge on any atom is -0.477 e. The van der Waals surface area contributed by atoms with Crippen LogP contribution in [0.5, 0.6) is 5.75 Å². The van der Waals surface area contributed by atoms with Crippen LogP contribution in [0.3, 0.4) is 0 Å². The lowest BCUT2D eigenvalue weighted by Gasteiger charge is -2.16. The van der Waals surface area contributed by atoms with Crippen molar-refractivity contribution in [3.8, 4) is 5.75 Å². The first-order valence-electron chi connectivity index (χ1n) is 6.99. The van der Waals surface area contributed by atoms with Crippen molar-refractivity contribution in [3.05, 3.63) is 70.3 Å². The lowest BCUT2D eigenvalue weighted by Crippen LogP contribution is -2.39. The van der Waals surface area contributed by atoms with E-state index < -0.39 is 29.4 Å². The van der Waals surface area contributed by atoms with Crippen LogP contribution in [0.25, 0.3) is 0 Å². The van der Waals surface area contributed by atoms with Gasteiger partial charge >= 0.3 is 5.69 Å². The van der Waals surface area contributed by atoms with E-state index in [1.54, 1.807) is 36.4 Å². The summed E-state index contributed by atoms with van der Waals surface area (Å²) in [7, 11) is 0. The van der Waals surface area contributed by atoms with Gasteiger partial charge in [-0.1, -0.05) is 42.5 Å². The summed E-state index contributed by atoms with van der Waals surface area (Å²) < 4.78 is 5.17. The van der Waals surface area contributed by atoms with Crippen molar-refractivity contribution in [2.75, 3.05) is 6.61 Å². The van der Waals surface area contributed by atoms with E-state index in [4.69, 9.17) is 10.5 Å². The lowest BCUT2D eigenvalue weighted by molar-refractivity contribution is -0.385. The first-order valence-corrected chi connectivity index (χ1v) is 6.99. The molecule has 0 saturated carbocycles. The highest BCUT2D eigenvalue weighted by molar-refractivity contribution is 5.88. The highest BCUT2D eigenvalue weighted by Gasteiger charge is 2.21. The second-order valence-corrected chi connectivity index (χ2v) is 4.83. The van der Waals surface area contributed by atoms with Crippen molar-refractivity contribution in [1.29, 1.82) is 0 Å². The maximum absolute atomic E-state index is 12.0. The zero-order chi connectivity index (χ0) is 17.5. The largest absolute Gasteiger partial charge is 0.477 e. The molecular weight excluding hydrogens is 314 g/mol. The van der Waals surface area contributed by atoms with Gasteiger partial charge in [-0.15, -0.1) is 0 Å². The van der Waals surface area contributed by atoms with Gasteiger partial charge in [0.1, 0.15) is 6.04 Å². The fourth-order valence-corrected chi connectivity index (χ4v) is 2.04. The molecule has 1 atom stereocenters. The van der Waals surface area contributed by atoms with Crippen molar-refractivity contribution in [2.45, 2.75) is 6.04 Å². The van der Waals surface area contributed by atoms with Crippen LogP contribution in [0.1, 0.15) is 11.6 Å². The summed E-state index contributed by atoms with van der Waals surface area (Å²) in [6.45, 7) is -0.485. The zero-order valence-electron chi connectivity index (χ0n) is 12.5. The van der Waals surface area contributed by atoms with Crippen LogP contribution in [-0.4, -0.2) is 23.3 Å². The average molecular weight is 329 g/mol. The van der Waals surface area contributed by atoms with Crippen molar-refractivity contribution in [2.24, 2.45) is 5.73 Å². The molecule has 0 aromatic heterocycles. The summed E-state index contributed by atoms with van der Waals surface area (Å²) in [6, 6.07) is 13.2. The molecule has 0 aliphatic heterocycles. The summed E-state index contributed by atoms with van der Waals surface area (Å²) in [5, 5.41) is 13.3. The van der Waals surface area contributed by atoms with Crippen LogP contribution in [0.2, 0.25) is 0 Å². The predicted octanol–water partition coefficient (Wildman–Crippen LogP) is 1.32. The highest BCUT2D eigenvalue weighted by atomic mass is 16.6. The van der Waals surface area contributed by atoms with Crippen LogP contribution in [-0.2, 0) is 9.59 Å². The number of benzene rings is 2. The molecule has 2 aromatic carbocycles. The molecule has 0 saturated heterocycles. The van der Waals surface area contributed by atoms with Crippen molar-refractivity contribution in [3.63, 3.8) is 0 Å². The number of carbonyl (C=O) groups excluding carboxylic acids is 2. The number of hydrogen-bond acceptors (Lipinski definition) is 5. The Kier molecular flexibility index (Phi) is 5.45. The number of para-hydroxylation sites is 2. The van der Waals surface area contributed by atoms with Crippen LogP contribution in [0.4, 0.5) is 5.69 Å². The third kappa shape index (κ3) is 4.29. The Morgan fingerprint density at radius 1 is 1.12 bits per heavy atom. The number of ether oxygens (including phenoxy) is 1. The standard InChI is InChI=1S/C16H15N3O5/c17-16(21)15(11-6-2-1-3-7-11)18-14(20)10-24-13-9-5-4-8-12(13)19(22)23/h1-9,15H,10H2,(H2,17,21)(H,18,20). The third-order valence-corrected chi connectivity index (χ3v) is 3.14. The molecule has 1 unspecified atom stereocenters.